The predicted octanol–water partition coefficient (Wildman–Crippen LogP) is 2.48. The van der Waals surface area contributed by atoms with E-state index < -0.39 is 5.54 Å². The number of amides is 1. The third kappa shape index (κ3) is 4.53. The number of nitrogens with two attached hydrogens (primary N) is 1. The highest BCUT2D eigenvalue weighted by molar-refractivity contribution is 7.99. The maximum atomic E-state index is 12.4. The highest BCUT2D eigenvalue weighted by Gasteiger charge is 2.37. The van der Waals surface area contributed by atoms with E-state index in [1.807, 2.05) is 11.8 Å². The third-order valence-corrected chi connectivity index (χ3v) is 5.80. The molecular formula is C15H27N3O2S. The molecule has 0 atom stereocenters. The van der Waals surface area contributed by atoms with Gasteiger partial charge in [0.25, 0.3) is 0 Å². The summed E-state index contributed by atoms with van der Waals surface area (Å²) in [5.74, 6) is 3.02. The van der Waals surface area contributed by atoms with Crippen LogP contribution in [0.25, 0.3) is 0 Å². The minimum Gasteiger partial charge on any atom is -0.409 e. The summed E-state index contributed by atoms with van der Waals surface area (Å²) < 4.78 is 0. The number of thioether (sulfide) groups is 1. The Balaban J connectivity index is 1.98. The van der Waals surface area contributed by atoms with E-state index in [0.717, 1.165) is 62.9 Å². The van der Waals surface area contributed by atoms with Crippen molar-refractivity contribution in [3.05, 3.63) is 0 Å². The molecule has 1 aliphatic carbocycles. The van der Waals surface area contributed by atoms with Gasteiger partial charge in [0.05, 0.1) is 0 Å². The van der Waals surface area contributed by atoms with Gasteiger partial charge in [0.15, 0.2) is 5.84 Å². The maximum Gasteiger partial charge on any atom is 0.221 e. The molecule has 4 N–H and O–H groups in total. The Morgan fingerprint density at radius 1 is 1.24 bits per heavy atom. The van der Waals surface area contributed by atoms with E-state index in [9.17, 15) is 4.79 Å². The molecule has 2 rings (SSSR count). The highest BCUT2D eigenvalue weighted by Crippen LogP contribution is 2.29. The molecule has 2 fully saturated rings. The van der Waals surface area contributed by atoms with Gasteiger partial charge in [-0.1, -0.05) is 30.8 Å². The molecule has 21 heavy (non-hydrogen) atoms. The molecule has 0 aromatic carbocycles. The molecule has 0 bridgehead atoms. The van der Waals surface area contributed by atoms with Gasteiger partial charge in [0, 0.05) is 6.42 Å². The number of oxime groups is 1. The van der Waals surface area contributed by atoms with Crippen molar-refractivity contribution in [1.29, 1.82) is 0 Å². The minimum atomic E-state index is -0.633. The van der Waals surface area contributed by atoms with Crippen LogP contribution in [-0.2, 0) is 4.79 Å². The van der Waals surface area contributed by atoms with E-state index in [1.54, 1.807) is 0 Å². The number of nitrogens with one attached hydrogen (secondary N) is 1. The van der Waals surface area contributed by atoms with Crippen molar-refractivity contribution in [2.45, 2.75) is 63.3 Å². The van der Waals surface area contributed by atoms with Crippen molar-refractivity contribution >= 4 is 23.5 Å². The minimum absolute atomic E-state index is 0.0559. The van der Waals surface area contributed by atoms with E-state index in [4.69, 9.17) is 10.9 Å². The van der Waals surface area contributed by atoms with Gasteiger partial charge in [-0.25, -0.2) is 0 Å². The Morgan fingerprint density at radius 2 is 1.86 bits per heavy atom. The Labute approximate surface area is 131 Å². The number of carbonyl (C=O) groups is 1. The lowest BCUT2D eigenvalue weighted by atomic mass is 9.88. The third-order valence-electron chi connectivity index (χ3n) is 4.75. The first kappa shape index (κ1) is 16.5. The lowest BCUT2D eigenvalue weighted by Gasteiger charge is -2.33. The average Bonchev–Trinajstić information content (AvgIpc) is 2.73. The molecule has 0 spiro atoms. The SMILES string of the molecule is NC(=NO)C1(NC(=O)CC2CCSCC2)CCCCCC1. The molecule has 6 heteroatoms. The van der Waals surface area contributed by atoms with E-state index in [2.05, 4.69) is 10.5 Å². The van der Waals surface area contributed by atoms with Gasteiger partial charge in [0.2, 0.25) is 5.91 Å². The molecule has 1 heterocycles. The van der Waals surface area contributed by atoms with Gasteiger partial charge in [-0.05, 0) is 43.1 Å². The summed E-state index contributed by atoms with van der Waals surface area (Å²) >= 11 is 1.97. The lowest BCUT2D eigenvalue weighted by molar-refractivity contribution is -0.123. The van der Waals surface area contributed by atoms with Crippen molar-refractivity contribution in [3.63, 3.8) is 0 Å². The normalized spacial score (nSPS) is 24.3. The number of amidine groups is 1. The van der Waals surface area contributed by atoms with Crippen LogP contribution in [0.5, 0.6) is 0 Å². The Bertz CT molecular complexity index is 373. The maximum absolute atomic E-state index is 12.4. The zero-order chi connectivity index (χ0) is 15.1. The monoisotopic (exact) mass is 313 g/mol. The van der Waals surface area contributed by atoms with Gasteiger partial charge in [-0.2, -0.15) is 11.8 Å². The van der Waals surface area contributed by atoms with Crippen LogP contribution in [0, 0.1) is 5.92 Å². The first-order chi connectivity index (χ1) is 10.2. The number of hydrogen-bond donors (Lipinski definition) is 3. The number of nitrogens with zero attached hydrogens (tertiary/aromatic N) is 1. The average molecular weight is 313 g/mol. The van der Waals surface area contributed by atoms with Crippen molar-refractivity contribution in [2.75, 3.05) is 11.5 Å². The van der Waals surface area contributed by atoms with Crippen LogP contribution in [0.3, 0.4) is 0 Å². The first-order valence-corrected chi connectivity index (χ1v) is 9.18. The second-order valence-corrected chi connectivity index (χ2v) is 7.51. The molecule has 2 aliphatic rings. The fraction of sp³-hybridized carbons (Fsp3) is 0.867. The summed E-state index contributed by atoms with van der Waals surface area (Å²) in [7, 11) is 0. The lowest BCUT2D eigenvalue weighted by Crippen LogP contribution is -2.57. The standard InChI is InChI=1S/C15H27N3O2S/c16-14(18-20)15(7-3-1-2-4-8-15)17-13(19)11-12-5-9-21-10-6-12/h12,20H,1-11H2,(H2,16,18)(H,17,19). The van der Waals surface area contributed by atoms with Crippen LogP contribution < -0.4 is 11.1 Å². The molecule has 0 aromatic rings. The van der Waals surface area contributed by atoms with Crippen molar-refractivity contribution in [1.82, 2.24) is 5.32 Å². The predicted molar refractivity (Wildman–Crippen MR) is 86.7 cm³/mol. The molecule has 120 valence electrons. The summed E-state index contributed by atoms with van der Waals surface area (Å²) in [5, 5.41) is 15.4. The molecule has 0 radical (unpaired) electrons. The van der Waals surface area contributed by atoms with Crippen LogP contribution in [0.4, 0.5) is 0 Å². The van der Waals surface area contributed by atoms with E-state index in [-0.39, 0.29) is 11.7 Å². The van der Waals surface area contributed by atoms with Crippen LogP contribution in [0.15, 0.2) is 5.16 Å². The topological polar surface area (TPSA) is 87.7 Å². The molecule has 5 nitrogen and oxygen atoms in total. The quantitative estimate of drug-likeness (QED) is 0.245. The van der Waals surface area contributed by atoms with Gasteiger partial charge in [-0.15, -0.1) is 0 Å². The van der Waals surface area contributed by atoms with Crippen LogP contribution >= 0.6 is 11.8 Å². The molecule has 1 aliphatic heterocycles. The first-order valence-electron chi connectivity index (χ1n) is 8.03. The van der Waals surface area contributed by atoms with Gasteiger partial charge >= 0.3 is 0 Å². The zero-order valence-corrected chi connectivity index (χ0v) is 13.5. The zero-order valence-electron chi connectivity index (χ0n) is 12.6. The van der Waals surface area contributed by atoms with Crippen molar-refractivity contribution < 1.29 is 10.0 Å². The van der Waals surface area contributed by atoms with Crippen molar-refractivity contribution in [2.24, 2.45) is 16.8 Å². The van der Waals surface area contributed by atoms with E-state index in [0.29, 0.717) is 12.3 Å². The molecular weight excluding hydrogens is 286 g/mol. The van der Waals surface area contributed by atoms with Crippen LogP contribution in [0.2, 0.25) is 0 Å². The summed E-state index contributed by atoms with van der Waals surface area (Å²) in [6, 6.07) is 0. The highest BCUT2D eigenvalue weighted by atomic mass is 32.2. The number of carbonyl (C=O) groups excluding carboxylic acids is 1. The molecule has 1 saturated heterocycles. The summed E-state index contributed by atoms with van der Waals surface area (Å²) in [5.41, 5.74) is 5.28. The fourth-order valence-electron chi connectivity index (χ4n) is 3.40. The molecule has 1 amide bonds. The van der Waals surface area contributed by atoms with Gasteiger partial charge in [0.1, 0.15) is 5.54 Å². The Hall–Kier alpha value is -0.910. The fourth-order valence-corrected chi connectivity index (χ4v) is 4.61. The van der Waals surface area contributed by atoms with Crippen LogP contribution in [-0.4, -0.2) is 34.0 Å². The van der Waals surface area contributed by atoms with Gasteiger partial charge < -0.3 is 16.3 Å². The summed E-state index contributed by atoms with van der Waals surface area (Å²) in [6.07, 6.45) is 8.67. The second kappa shape index (κ2) is 7.92. The summed E-state index contributed by atoms with van der Waals surface area (Å²) in [6.45, 7) is 0. The van der Waals surface area contributed by atoms with E-state index >= 15 is 0 Å². The molecule has 1 saturated carbocycles. The Kier molecular flexibility index (Phi) is 6.21. The molecule has 0 unspecified atom stereocenters. The second-order valence-electron chi connectivity index (χ2n) is 6.29. The van der Waals surface area contributed by atoms with E-state index in [1.165, 1.54) is 0 Å². The smallest absolute Gasteiger partial charge is 0.221 e. The summed E-state index contributed by atoms with van der Waals surface area (Å²) in [4.78, 5) is 12.4. The number of rotatable bonds is 4. The van der Waals surface area contributed by atoms with Gasteiger partial charge in [-0.3, -0.25) is 4.79 Å². The Morgan fingerprint density at radius 3 is 2.43 bits per heavy atom. The van der Waals surface area contributed by atoms with Crippen LogP contribution in [0.1, 0.15) is 57.8 Å². The molecule has 0 aromatic heterocycles. The van der Waals surface area contributed by atoms with Crippen molar-refractivity contribution in [3.8, 4) is 0 Å². The largest absolute Gasteiger partial charge is 0.409 e. The number of hydrogen-bond acceptors (Lipinski definition) is 4.